The van der Waals surface area contributed by atoms with E-state index in [0.29, 0.717) is 0 Å². The van der Waals surface area contributed by atoms with E-state index in [1.165, 1.54) is 0 Å². The molecule has 1 aliphatic carbocycles. The SMILES string of the molecule is Cc1cnc2c(c1Cl)C=CC2. The third kappa shape index (κ3) is 0.962. The molecule has 0 bridgehead atoms. The predicted molar refractivity (Wildman–Crippen MR) is 46.7 cm³/mol. The second kappa shape index (κ2) is 2.35. The van der Waals surface area contributed by atoms with Crippen molar-refractivity contribution in [2.75, 3.05) is 0 Å². The van der Waals surface area contributed by atoms with Gasteiger partial charge >= 0.3 is 0 Å². The first-order valence-corrected chi connectivity index (χ1v) is 3.97. The second-order valence-electron chi connectivity index (χ2n) is 2.72. The Hall–Kier alpha value is -0.820. The van der Waals surface area contributed by atoms with Crippen LogP contribution >= 0.6 is 11.6 Å². The normalized spacial score (nSPS) is 13.6. The Bertz CT molecular complexity index is 329. The van der Waals surface area contributed by atoms with Crippen molar-refractivity contribution >= 4 is 17.7 Å². The van der Waals surface area contributed by atoms with Crippen LogP contribution in [0.4, 0.5) is 0 Å². The molecule has 0 aromatic carbocycles. The van der Waals surface area contributed by atoms with Crippen LogP contribution in [0.1, 0.15) is 16.8 Å². The summed E-state index contributed by atoms with van der Waals surface area (Å²) in [6.07, 6.45) is 6.88. The number of aromatic nitrogens is 1. The average Bonchev–Trinajstić information content (AvgIpc) is 2.45. The van der Waals surface area contributed by atoms with E-state index in [-0.39, 0.29) is 0 Å². The van der Waals surface area contributed by atoms with E-state index < -0.39 is 0 Å². The Morgan fingerprint density at radius 2 is 2.36 bits per heavy atom. The summed E-state index contributed by atoms with van der Waals surface area (Å²) in [5, 5.41) is 0.851. The van der Waals surface area contributed by atoms with Gasteiger partial charge in [-0.05, 0) is 12.5 Å². The molecule has 0 saturated heterocycles. The smallest absolute Gasteiger partial charge is 0.0541 e. The highest BCUT2D eigenvalue weighted by atomic mass is 35.5. The van der Waals surface area contributed by atoms with Gasteiger partial charge in [-0.25, -0.2) is 0 Å². The molecule has 1 aliphatic rings. The van der Waals surface area contributed by atoms with E-state index in [9.17, 15) is 0 Å². The van der Waals surface area contributed by atoms with Crippen molar-refractivity contribution in [2.45, 2.75) is 13.3 Å². The molecule has 0 amide bonds. The fraction of sp³-hybridized carbons (Fsp3) is 0.222. The Kier molecular flexibility index (Phi) is 1.46. The van der Waals surface area contributed by atoms with Gasteiger partial charge in [-0.3, -0.25) is 4.98 Å². The van der Waals surface area contributed by atoms with Crippen molar-refractivity contribution in [2.24, 2.45) is 0 Å². The van der Waals surface area contributed by atoms with Crippen molar-refractivity contribution in [3.63, 3.8) is 0 Å². The van der Waals surface area contributed by atoms with Gasteiger partial charge in [0.05, 0.1) is 10.7 Å². The van der Waals surface area contributed by atoms with E-state index in [4.69, 9.17) is 11.6 Å². The summed E-state index contributed by atoms with van der Waals surface area (Å²) >= 11 is 6.05. The van der Waals surface area contributed by atoms with E-state index in [2.05, 4.69) is 11.1 Å². The molecular weight excluding hydrogens is 158 g/mol. The van der Waals surface area contributed by atoms with Crippen LogP contribution in [-0.4, -0.2) is 4.98 Å². The number of nitrogens with zero attached hydrogens (tertiary/aromatic N) is 1. The molecule has 56 valence electrons. The zero-order valence-corrected chi connectivity index (χ0v) is 7.02. The summed E-state index contributed by atoms with van der Waals surface area (Å²) in [5.41, 5.74) is 3.25. The van der Waals surface area contributed by atoms with Gasteiger partial charge in [0.2, 0.25) is 0 Å². The maximum absolute atomic E-state index is 6.05. The third-order valence-electron chi connectivity index (χ3n) is 1.90. The summed E-state index contributed by atoms with van der Waals surface area (Å²) in [5.74, 6) is 0. The molecule has 1 heterocycles. The number of hydrogen-bond acceptors (Lipinski definition) is 1. The van der Waals surface area contributed by atoms with Crippen LogP contribution < -0.4 is 0 Å². The number of rotatable bonds is 0. The van der Waals surface area contributed by atoms with Crippen molar-refractivity contribution in [1.29, 1.82) is 0 Å². The van der Waals surface area contributed by atoms with Crippen LogP contribution in [0.2, 0.25) is 5.02 Å². The molecule has 1 nitrogen and oxygen atoms in total. The van der Waals surface area contributed by atoms with Crippen LogP contribution in [0.25, 0.3) is 6.08 Å². The lowest BCUT2D eigenvalue weighted by Crippen LogP contribution is -1.90. The topological polar surface area (TPSA) is 12.9 Å². The zero-order valence-electron chi connectivity index (χ0n) is 6.26. The lowest BCUT2D eigenvalue weighted by Gasteiger charge is -2.02. The summed E-state index contributed by atoms with van der Waals surface area (Å²) in [7, 11) is 0. The number of pyridine rings is 1. The summed E-state index contributed by atoms with van der Waals surface area (Å²) in [4.78, 5) is 4.27. The van der Waals surface area contributed by atoms with Gasteiger partial charge in [0.1, 0.15) is 0 Å². The Balaban J connectivity index is 2.70. The molecule has 1 aromatic heterocycles. The lowest BCUT2D eigenvalue weighted by molar-refractivity contribution is 1.11. The van der Waals surface area contributed by atoms with Crippen LogP contribution in [0.15, 0.2) is 12.3 Å². The molecule has 0 fully saturated rings. The summed E-state index contributed by atoms with van der Waals surface area (Å²) in [6, 6.07) is 0. The van der Waals surface area contributed by atoms with Crippen LogP contribution in [0, 0.1) is 6.92 Å². The van der Waals surface area contributed by atoms with Gasteiger partial charge in [0.25, 0.3) is 0 Å². The molecule has 0 radical (unpaired) electrons. The number of aryl methyl sites for hydroxylation is 1. The fourth-order valence-electron chi connectivity index (χ4n) is 1.26. The highest BCUT2D eigenvalue weighted by molar-refractivity contribution is 6.33. The standard InChI is InChI=1S/C9H8ClN/c1-6-5-11-8-4-2-3-7(8)9(6)10/h2-3,5H,4H2,1H3. The molecule has 1 aromatic rings. The van der Waals surface area contributed by atoms with Gasteiger partial charge in [-0.2, -0.15) is 0 Å². The van der Waals surface area contributed by atoms with Crippen molar-refractivity contribution < 1.29 is 0 Å². The molecule has 0 aliphatic heterocycles. The van der Waals surface area contributed by atoms with Crippen molar-refractivity contribution in [3.05, 3.63) is 34.1 Å². The van der Waals surface area contributed by atoms with Crippen LogP contribution in [0.3, 0.4) is 0 Å². The van der Waals surface area contributed by atoms with Gasteiger partial charge in [-0.15, -0.1) is 0 Å². The first-order valence-electron chi connectivity index (χ1n) is 3.59. The van der Waals surface area contributed by atoms with Gasteiger partial charge in [-0.1, -0.05) is 23.8 Å². The maximum atomic E-state index is 6.05. The Morgan fingerprint density at radius 3 is 3.18 bits per heavy atom. The molecule has 0 N–H and O–H groups in total. The molecule has 2 rings (SSSR count). The molecular formula is C9H8ClN. The van der Waals surface area contributed by atoms with Gasteiger partial charge < -0.3 is 0 Å². The zero-order chi connectivity index (χ0) is 7.84. The molecule has 11 heavy (non-hydrogen) atoms. The lowest BCUT2D eigenvalue weighted by atomic mass is 10.2. The minimum atomic E-state index is 0.851. The third-order valence-corrected chi connectivity index (χ3v) is 2.41. The van der Waals surface area contributed by atoms with E-state index in [0.717, 1.165) is 28.3 Å². The quantitative estimate of drug-likeness (QED) is 0.576. The van der Waals surface area contributed by atoms with E-state index in [1.807, 2.05) is 19.2 Å². The van der Waals surface area contributed by atoms with Gasteiger partial charge in [0.15, 0.2) is 0 Å². The molecule has 0 atom stereocenters. The maximum Gasteiger partial charge on any atom is 0.0541 e. The first-order chi connectivity index (χ1) is 5.29. The van der Waals surface area contributed by atoms with E-state index in [1.54, 1.807) is 0 Å². The number of halogens is 1. The summed E-state index contributed by atoms with van der Waals surface area (Å²) < 4.78 is 0. The number of hydrogen-bond donors (Lipinski definition) is 0. The first kappa shape index (κ1) is 6.86. The van der Waals surface area contributed by atoms with Crippen molar-refractivity contribution in [3.8, 4) is 0 Å². The molecule has 0 unspecified atom stereocenters. The number of allylic oxidation sites excluding steroid dienone is 1. The fourth-order valence-corrected chi connectivity index (χ4v) is 1.48. The Labute approximate surface area is 70.7 Å². The van der Waals surface area contributed by atoms with Crippen molar-refractivity contribution in [1.82, 2.24) is 4.98 Å². The predicted octanol–water partition coefficient (Wildman–Crippen LogP) is 2.61. The largest absolute Gasteiger partial charge is 0.260 e. The highest BCUT2D eigenvalue weighted by Crippen LogP contribution is 2.27. The molecule has 0 spiro atoms. The monoisotopic (exact) mass is 165 g/mol. The highest BCUT2D eigenvalue weighted by Gasteiger charge is 2.10. The number of fused-ring (bicyclic) bond motifs is 1. The van der Waals surface area contributed by atoms with Crippen LogP contribution in [-0.2, 0) is 6.42 Å². The van der Waals surface area contributed by atoms with E-state index >= 15 is 0 Å². The second-order valence-corrected chi connectivity index (χ2v) is 3.10. The molecule has 2 heteroatoms. The van der Waals surface area contributed by atoms with Gasteiger partial charge in [0, 0.05) is 18.2 Å². The van der Waals surface area contributed by atoms with Crippen LogP contribution in [0.5, 0.6) is 0 Å². The summed E-state index contributed by atoms with van der Waals surface area (Å²) in [6.45, 7) is 1.97. The Morgan fingerprint density at radius 1 is 1.55 bits per heavy atom. The minimum absolute atomic E-state index is 0.851. The minimum Gasteiger partial charge on any atom is -0.260 e. The molecule has 0 saturated carbocycles. The average molecular weight is 166 g/mol.